The minimum atomic E-state index is -0.0413. The Hall–Kier alpha value is -0.900. The van der Waals surface area contributed by atoms with Crippen molar-refractivity contribution in [2.45, 2.75) is 26.2 Å². The van der Waals surface area contributed by atoms with Gasteiger partial charge in [-0.15, -0.1) is 0 Å². The molecule has 1 aliphatic heterocycles. The molecule has 1 heterocycles. The lowest BCUT2D eigenvalue weighted by atomic mass is 9.96. The van der Waals surface area contributed by atoms with E-state index in [0.717, 1.165) is 32.5 Å². The molecule has 16 heavy (non-hydrogen) atoms. The molecule has 0 saturated carbocycles. The zero-order valence-electron chi connectivity index (χ0n) is 10.5. The van der Waals surface area contributed by atoms with Crippen molar-refractivity contribution < 1.29 is 9.59 Å². The van der Waals surface area contributed by atoms with E-state index in [1.54, 1.807) is 0 Å². The molecule has 0 radical (unpaired) electrons. The van der Waals surface area contributed by atoms with E-state index in [1.807, 2.05) is 4.90 Å². The normalized spacial score (nSPS) is 17.9. The third-order valence-corrected chi connectivity index (χ3v) is 2.99. The summed E-state index contributed by atoms with van der Waals surface area (Å²) in [7, 11) is 4.15. The van der Waals surface area contributed by atoms with Crippen LogP contribution in [-0.2, 0) is 9.59 Å². The molecule has 1 aliphatic rings. The molecule has 1 rings (SSSR count). The van der Waals surface area contributed by atoms with Crippen LogP contribution in [0.2, 0.25) is 0 Å². The van der Waals surface area contributed by atoms with Crippen molar-refractivity contribution in [3.8, 4) is 0 Å². The highest BCUT2D eigenvalue weighted by Crippen LogP contribution is 2.18. The number of amides is 1. The molecule has 92 valence electrons. The van der Waals surface area contributed by atoms with E-state index in [4.69, 9.17) is 0 Å². The molecule has 1 saturated heterocycles. The highest BCUT2D eigenvalue weighted by atomic mass is 16.2. The molecule has 0 aromatic rings. The van der Waals surface area contributed by atoms with Crippen LogP contribution >= 0.6 is 0 Å². The lowest BCUT2D eigenvalue weighted by Crippen LogP contribution is -2.41. The number of nitrogens with zero attached hydrogens (tertiary/aromatic N) is 2. The van der Waals surface area contributed by atoms with E-state index >= 15 is 0 Å². The summed E-state index contributed by atoms with van der Waals surface area (Å²) in [4.78, 5) is 26.5. The first kappa shape index (κ1) is 13.2. The first-order chi connectivity index (χ1) is 7.49. The SMILES string of the molecule is CC(=O)CC(=O)N1CCC(CN(C)C)CC1. The first-order valence-electron chi connectivity index (χ1n) is 5.91. The molecule has 0 bridgehead atoms. The Bertz CT molecular complexity index is 256. The second kappa shape index (κ2) is 5.99. The van der Waals surface area contributed by atoms with E-state index in [0.29, 0.717) is 5.92 Å². The smallest absolute Gasteiger partial charge is 0.230 e. The van der Waals surface area contributed by atoms with Gasteiger partial charge in [0.25, 0.3) is 0 Å². The van der Waals surface area contributed by atoms with Crippen LogP contribution in [0.25, 0.3) is 0 Å². The Morgan fingerprint density at radius 1 is 1.25 bits per heavy atom. The van der Waals surface area contributed by atoms with Gasteiger partial charge >= 0.3 is 0 Å². The number of carbonyl (C=O) groups excluding carboxylic acids is 2. The van der Waals surface area contributed by atoms with E-state index < -0.39 is 0 Å². The minimum Gasteiger partial charge on any atom is -0.342 e. The molecular formula is C12H22N2O2. The summed E-state index contributed by atoms with van der Waals surface area (Å²) in [5.74, 6) is 0.646. The number of carbonyl (C=O) groups is 2. The van der Waals surface area contributed by atoms with Crippen LogP contribution < -0.4 is 0 Å². The fourth-order valence-electron chi connectivity index (χ4n) is 2.21. The van der Waals surface area contributed by atoms with Gasteiger partial charge < -0.3 is 9.80 Å². The first-order valence-corrected chi connectivity index (χ1v) is 5.91. The quantitative estimate of drug-likeness (QED) is 0.665. The van der Waals surface area contributed by atoms with Crippen LogP contribution in [0, 0.1) is 5.92 Å². The highest BCUT2D eigenvalue weighted by molar-refractivity contribution is 5.96. The topological polar surface area (TPSA) is 40.6 Å². The van der Waals surface area contributed by atoms with Crippen LogP contribution in [0.15, 0.2) is 0 Å². The largest absolute Gasteiger partial charge is 0.342 e. The average molecular weight is 226 g/mol. The van der Waals surface area contributed by atoms with E-state index in [1.165, 1.54) is 6.92 Å². The Kier molecular flexibility index (Phi) is 4.93. The summed E-state index contributed by atoms with van der Waals surface area (Å²) in [6.45, 7) is 4.18. The second-order valence-electron chi connectivity index (χ2n) is 4.97. The van der Waals surface area contributed by atoms with E-state index in [2.05, 4.69) is 19.0 Å². The van der Waals surface area contributed by atoms with Gasteiger partial charge in [0.1, 0.15) is 5.78 Å². The van der Waals surface area contributed by atoms with Gasteiger partial charge in [-0.3, -0.25) is 9.59 Å². The molecule has 4 heteroatoms. The lowest BCUT2D eigenvalue weighted by Gasteiger charge is -2.33. The van der Waals surface area contributed by atoms with Crippen molar-refractivity contribution in [1.82, 2.24) is 9.80 Å². The molecule has 0 aromatic heterocycles. The number of likely N-dealkylation sites (tertiary alicyclic amines) is 1. The molecule has 1 fully saturated rings. The maximum atomic E-state index is 11.6. The molecular weight excluding hydrogens is 204 g/mol. The Balaban J connectivity index is 2.31. The van der Waals surface area contributed by atoms with Crippen LogP contribution in [0.1, 0.15) is 26.2 Å². The zero-order valence-corrected chi connectivity index (χ0v) is 10.5. The summed E-state index contributed by atoms with van der Waals surface area (Å²) < 4.78 is 0. The summed E-state index contributed by atoms with van der Waals surface area (Å²) in [6, 6.07) is 0. The van der Waals surface area contributed by atoms with E-state index in [-0.39, 0.29) is 18.1 Å². The third-order valence-electron chi connectivity index (χ3n) is 2.99. The zero-order chi connectivity index (χ0) is 12.1. The van der Waals surface area contributed by atoms with E-state index in [9.17, 15) is 9.59 Å². The van der Waals surface area contributed by atoms with Gasteiger partial charge in [0, 0.05) is 19.6 Å². The Morgan fingerprint density at radius 3 is 2.25 bits per heavy atom. The predicted molar refractivity (Wildman–Crippen MR) is 63.2 cm³/mol. The highest BCUT2D eigenvalue weighted by Gasteiger charge is 2.23. The number of piperidine rings is 1. The second-order valence-corrected chi connectivity index (χ2v) is 4.97. The molecule has 4 nitrogen and oxygen atoms in total. The average Bonchev–Trinajstić information content (AvgIpc) is 2.16. The monoisotopic (exact) mass is 226 g/mol. The molecule has 0 unspecified atom stereocenters. The molecule has 0 spiro atoms. The molecule has 0 aromatic carbocycles. The third kappa shape index (κ3) is 4.31. The molecule has 0 aliphatic carbocycles. The fraction of sp³-hybridized carbons (Fsp3) is 0.833. The van der Waals surface area contributed by atoms with Gasteiger partial charge in [-0.1, -0.05) is 0 Å². The van der Waals surface area contributed by atoms with Gasteiger partial charge in [0.2, 0.25) is 5.91 Å². The van der Waals surface area contributed by atoms with Crippen molar-refractivity contribution in [3.63, 3.8) is 0 Å². The van der Waals surface area contributed by atoms with Crippen molar-refractivity contribution in [2.24, 2.45) is 5.92 Å². The number of ketones is 1. The van der Waals surface area contributed by atoms with Crippen molar-refractivity contribution >= 4 is 11.7 Å². The maximum Gasteiger partial charge on any atom is 0.230 e. The molecule has 0 atom stereocenters. The van der Waals surface area contributed by atoms with Gasteiger partial charge in [0.15, 0.2) is 0 Å². The number of Topliss-reactive ketones (excluding diaryl/α,β-unsaturated/α-hetero) is 1. The number of rotatable bonds is 4. The number of hydrogen-bond acceptors (Lipinski definition) is 3. The van der Waals surface area contributed by atoms with Crippen molar-refractivity contribution in [2.75, 3.05) is 33.7 Å². The van der Waals surface area contributed by atoms with Gasteiger partial charge in [-0.25, -0.2) is 0 Å². The van der Waals surface area contributed by atoms with Crippen LogP contribution in [-0.4, -0.2) is 55.2 Å². The van der Waals surface area contributed by atoms with Gasteiger partial charge in [-0.2, -0.15) is 0 Å². The van der Waals surface area contributed by atoms with Crippen molar-refractivity contribution in [3.05, 3.63) is 0 Å². The Morgan fingerprint density at radius 2 is 1.81 bits per heavy atom. The van der Waals surface area contributed by atoms with Crippen molar-refractivity contribution in [1.29, 1.82) is 0 Å². The fourth-order valence-corrected chi connectivity index (χ4v) is 2.21. The molecule has 1 amide bonds. The van der Waals surface area contributed by atoms with Crippen LogP contribution in [0.5, 0.6) is 0 Å². The standard InChI is InChI=1S/C12H22N2O2/c1-10(15)8-12(16)14-6-4-11(5-7-14)9-13(2)3/h11H,4-9H2,1-3H3. The van der Waals surface area contributed by atoms with Gasteiger partial charge in [0.05, 0.1) is 6.42 Å². The van der Waals surface area contributed by atoms with Gasteiger partial charge in [-0.05, 0) is 39.8 Å². The summed E-state index contributed by atoms with van der Waals surface area (Å²) in [5, 5.41) is 0. The summed E-state index contributed by atoms with van der Waals surface area (Å²) in [5.41, 5.74) is 0. The summed E-state index contributed by atoms with van der Waals surface area (Å²) in [6.07, 6.45) is 2.18. The predicted octanol–water partition coefficient (Wildman–Crippen LogP) is 0.766. The molecule has 0 N–H and O–H groups in total. The maximum absolute atomic E-state index is 11.6. The summed E-state index contributed by atoms with van der Waals surface area (Å²) >= 11 is 0. The minimum absolute atomic E-state index is 0.00389. The van der Waals surface area contributed by atoms with Crippen LogP contribution in [0.4, 0.5) is 0 Å². The van der Waals surface area contributed by atoms with Crippen LogP contribution in [0.3, 0.4) is 0 Å². The Labute approximate surface area is 97.6 Å². The number of hydrogen-bond donors (Lipinski definition) is 0. The lowest BCUT2D eigenvalue weighted by molar-refractivity contribution is -0.136.